The number of nitrogens with zero attached hydrogens (tertiary/aromatic N) is 7. The monoisotopic (exact) mass is 537 g/mol. The molecule has 0 radical (unpaired) electrons. The summed E-state index contributed by atoms with van der Waals surface area (Å²) in [7, 11) is 1.88. The minimum absolute atomic E-state index is 0.150. The van der Waals surface area contributed by atoms with Gasteiger partial charge in [-0.3, -0.25) is 9.97 Å². The van der Waals surface area contributed by atoms with Gasteiger partial charge in [-0.2, -0.15) is 4.37 Å². The molecular formula is C26H28ClN7O2S. The molecule has 1 saturated heterocycles. The molecule has 0 aliphatic carbocycles. The molecule has 192 valence electrons. The van der Waals surface area contributed by atoms with Crippen LogP contribution in [0.1, 0.15) is 49.8 Å². The lowest BCUT2D eigenvalue weighted by Crippen LogP contribution is -2.28. The van der Waals surface area contributed by atoms with Crippen molar-refractivity contribution < 1.29 is 9.84 Å². The third kappa shape index (κ3) is 4.12. The van der Waals surface area contributed by atoms with Crippen LogP contribution < -0.4 is 0 Å². The molecule has 0 bridgehead atoms. The number of aromatic nitrogens is 7. The van der Waals surface area contributed by atoms with Crippen molar-refractivity contribution in [2.24, 2.45) is 13.0 Å². The molecule has 1 aliphatic heterocycles. The molecule has 0 spiro atoms. The number of pyridine rings is 2. The molecule has 1 aliphatic rings. The molecule has 6 rings (SSSR count). The number of halogens is 1. The van der Waals surface area contributed by atoms with E-state index in [1.165, 1.54) is 11.5 Å². The first-order chi connectivity index (χ1) is 17.7. The number of aliphatic hydroxyl groups is 1. The summed E-state index contributed by atoms with van der Waals surface area (Å²) in [5.74, 6) is 0.247. The molecule has 1 N–H and O–H groups in total. The van der Waals surface area contributed by atoms with Gasteiger partial charge in [0.25, 0.3) is 0 Å². The minimum atomic E-state index is -1.14. The average Bonchev–Trinajstić information content (AvgIpc) is 3.53. The normalized spacial score (nSPS) is 16.2. The highest BCUT2D eigenvalue weighted by Gasteiger charge is 2.35. The van der Waals surface area contributed by atoms with E-state index in [0.717, 1.165) is 56.7 Å². The first-order valence-corrected chi connectivity index (χ1v) is 13.5. The summed E-state index contributed by atoms with van der Waals surface area (Å²) in [6.07, 6.45) is 5.38. The molecule has 0 aromatic carbocycles. The van der Waals surface area contributed by atoms with Gasteiger partial charge in [0.15, 0.2) is 0 Å². The predicted octanol–water partition coefficient (Wildman–Crippen LogP) is 5.04. The van der Waals surface area contributed by atoms with Gasteiger partial charge in [-0.25, -0.2) is 4.68 Å². The van der Waals surface area contributed by atoms with E-state index in [2.05, 4.69) is 20.9 Å². The molecule has 11 heteroatoms. The Balaban J connectivity index is 1.71. The van der Waals surface area contributed by atoms with E-state index >= 15 is 0 Å². The fourth-order valence-corrected chi connectivity index (χ4v) is 6.66. The second-order valence-corrected chi connectivity index (χ2v) is 11.4. The van der Waals surface area contributed by atoms with Crippen molar-refractivity contribution in [3.63, 3.8) is 0 Å². The van der Waals surface area contributed by atoms with E-state index in [1.807, 2.05) is 26.2 Å². The second kappa shape index (κ2) is 9.13. The molecule has 1 atom stereocenters. The fourth-order valence-electron chi connectivity index (χ4n) is 5.47. The topological polar surface area (TPSA) is 104 Å². The van der Waals surface area contributed by atoms with E-state index in [9.17, 15) is 5.11 Å². The third-order valence-electron chi connectivity index (χ3n) is 7.14. The Hall–Kier alpha value is -2.92. The van der Waals surface area contributed by atoms with E-state index in [-0.39, 0.29) is 12.0 Å². The molecule has 0 amide bonds. The van der Waals surface area contributed by atoms with Crippen molar-refractivity contribution in [3.05, 3.63) is 52.7 Å². The van der Waals surface area contributed by atoms with Gasteiger partial charge in [-0.05, 0) is 69.3 Å². The van der Waals surface area contributed by atoms with Crippen LogP contribution in [0.4, 0.5) is 0 Å². The van der Waals surface area contributed by atoms with Crippen molar-refractivity contribution in [1.82, 2.24) is 33.9 Å². The zero-order valence-electron chi connectivity index (χ0n) is 21.1. The minimum Gasteiger partial charge on any atom is -0.384 e. The molecule has 6 heterocycles. The summed E-state index contributed by atoms with van der Waals surface area (Å²) in [5, 5.41) is 20.2. The van der Waals surface area contributed by atoms with Gasteiger partial charge < -0.3 is 14.4 Å². The highest BCUT2D eigenvalue weighted by atomic mass is 35.5. The average molecular weight is 538 g/mol. The SMILES string of the molecule is Cc1nnn(C)c1-c1cnc2c3snc(C(C)(C)O)c3n(C(c3cc(Cl)ccn3)C3CCOCC3)c2c1. The van der Waals surface area contributed by atoms with Crippen molar-refractivity contribution >= 4 is 44.4 Å². The molecule has 1 unspecified atom stereocenters. The zero-order valence-corrected chi connectivity index (χ0v) is 22.7. The first-order valence-electron chi connectivity index (χ1n) is 12.3. The maximum atomic E-state index is 11.1. The molecule has 5 aromatic rings. The maximum absolute atomic E-state index is 11.1. The summed E-state index contributed by atoms with van der Waals surface area (Å²) in [6.45, 7) is 6.87. The Bertz CT molecular complexity index is 1590. The van der Waals surface area contributed by atoms with Crippen LogP contribution in [-0.4, -0.2) is 52.2 Å². The van der Waals surface area contributed by atoms with Crippen molar-refractivity contribution in [2.45, 2.75) is 45.3 Å². The number of hydrogen-bond donors (Lipinski definition) is 1. The smallest absolute Gasteiger partial charge is 0.110 e. The van der Waals surface area contributed by atoms with Gasteiger partial charge in [0, 0.05) is 43.2 Å². The quantitative estimate of drug-likeness (QED) is 0.335. The van der Waals surface area contributed by atoms with Crippen LogP contribution in [-0.2, 0) is 17.4 Å². The Kier molecular flexibility index (Phi) is 6.02. The highest BCUT2D eigenvalue weighted by Crippen LogP contribution is 2.44. The largest absolute Gasteiger partial charge is 0.384 e. The first kappa shape index (κ1) is 24.4. The van der Waals surface area contributed by atoms with Gasteiger partial charge >= 0.3 is 0 Å². The molecule has 9 nitrogen and oxygen atoms in total. The number of fused-ring (bicyclic) bond motifs is 3. The summed E-state index contributed by atoms with van der Waals surface area (Å²) >= 11 is 7.85. The van der Waals surface area contributed by atoms with Crippen LogP contribution in [0, 0.1) is 12.8 Å². The van der Waals surface area contributed by atoms with E-state index in [1.54, 1.807) is 30.8 Å². The number of ether oxygens (including phenoxy) is 1. The van der Waals surface area contributed by atoms with Gasteiger partial charge in [0.2, 0.25) is 0 Å². The number of aryl methyl sites for hydroxylation is 2. The highest BCUT2D eigenvalue weighted by molar-refractivity contribution is 7.14. The van der Waals surface area contributed by atoms with Crippen LogP contribution in [0.15, 0.2) is 30.6 Å². The van der Waals surface area contributed by atoms with Crippen LogP contribution in [0.5, 0.6) is 0 Å². The van der Waals surface area contributed by atoms with E-state index in [4.69, 9.17) is 30.7 Å². The van der Waals surface area contributed by atoms with E-state index < -0.39 is 5.60 Å². The van der Waals surface area contributed by atoms with Gasteiger partial charge in [0.1, 0.15) is 16.8 Å². The van der Waals surface area contributed by atoms with Gasteiger partial charge in [-0.1, -0.05) is 16.8 Å². The lowest BCUT2D eigenvalue weighted by Gasteiger charge is -2.32. The summed E-state index contributed by atoms with van der Waals surface area (Å²) < 4.78 is 15.4. The van der Waals surface area contributed by atoms with Gasteiger partial charge in [0.05, 0.1) is 38.9 Å². The standard InChI is InChI=1S/C26H28ClN7O2S/c1-14-21(33(4)32-30-14)16-11-19-20(29-13-16)24-23(25(31-37-24)26(2,3)35)34(19)22(15-6-9-36-10-7-15)18-12-17(27)5-8-28-18/h5,8,11-13,15,22,35H,6-7,9-10H2,1-4H3. The van der Waals surface area contributed by atoms with Crippen LogP contribution in [0.3, 0.4) is 0 Å². The number of hydrogen-bond acceptors (Lipinski definition) is 8. The lowest BCUT2D eigenvalue weighted by molar-refractivity contribution is 0.0543. The van der Waals surface area contributed by atoms with Gasteiger partial charge in [-0.15, -0.1) is 5.10 Å². The van der Waals surface area contributed by atoms with Crippen molar-refractivity contribution in [2.75, 3.05) is 13.2 Å². The summed E-state index contributed by atoms with van der Waals surface area (Å²) in [6, 6.07) is 5.73. The summed E-state index contributed by atoms with van der Waals surface area (Å²) in [4.78, 5) is 9.72. The Labute approximate surface area is 223 Å². The molecule has 0 saturated carbocycles. The molecular weight excluding hydrogens is 510 g/mol. The molecule has 1 fully saturated rings. The van der Waals surface area contributed by atoms with Crippen molar-refractivity contribution in [1.29, 1.82) is 0 Å². The Morgan fingerprint density at radius 2 is 2.00 bits per heavy atom. The predicted molar refractivity (Wildman–Crippen MR) is 144 cm³/mol. The van der Waals surface area contributed by atoms with Crippen molar-refractivity contribution in [3.8, 4) is 11.3 Å². The van der Waals surface area contributed by atoms with E-state index in [0.29, 0.717) is 23.9 Å². The fraction of sp³-hybridized carbons (Fsp3) is 0.423. The van der Waals surface area contributed by atoms with Crippen LogP contribution >= 0.6 is 23.1 Å². The summed E-state index contributed by atoms with van der Waals surface area (Å²) in [5.41, 5.74) is 5.71. The maximum Gasteiger partial charge on any atom is 0.110 e. The molecule has 37 heavy (non-hydrogen) atoms. The Morgan fingerprint density at radius 3 is 2.68 bits per heavy atom. The third-order valence-corrected chi connectivity index (χ3v) is 8.21. The molecule has 5 aromatic heterocycles. The Morgan fingerprint density at radius 1 is 1.22 bits per heavy atom. The zero-order chi connectivity index (χ0) is 25.9. The second-order valence-electron chi connectivity index (χ2n) is 10.2. The lowest BCUT2D eigenvalue weighted by atomic mass is 9.88. The number of rotatable bonds is 5. The van der Waals surface area contributed by atoms with Crippen LogP contribution in [0.2, 0.25) is 5.02 Å². The van der Waals surface area contributed by atoms with Crippen LogP contribution in [0.25, 0.3) is 32.5 Å².